The molecule has 1 atom stereocenters. The van der Waals surface area contributed by atoms with Gasteiger partial charge in [-0.2, -0.15) is 0 Å². The lowest BCUT2D eigenvalue weighted by Crippen LogP contribution is -2.40. The number of esters is 1. The van der Waals surface area contributed by atoms with E-state index in [1.54, 1.807) is 6.92 Å². The lowest BCUT2D eigenvalue weighted by Gasteiger charge is -2.35. The van der Waals surface area contributed by atoms with Crippen molar-refractivity contribution < 1.29 is 19.1 Å². The molecule has 0 bridgehead atoms. The number of carbonyl (C=O) groups is 1. The van der Waals surface area contributed by atoms with Crippen molar-refractivity contribution in [2.45, 2.75) is 58.4 Å². The monoisotopic (exact) mass is 288 g/mol. The predicted molar refractivity (Wildman–Crippen MR) is 79.5 cm³/mol. The molecule has 0 saturated carbocycles. The molecule has 4 nitrogen and oxygen atoms in total. The fourth-order valence-corrected chi connectivity index (χ4v) is 2.07. The highest BCUT2D eigenvalue weighted by atomic mass is 28.4. The summed E-state index contributed by atoms with van der Waals surface area (Å²) < 4.78 is 10.5. The molecule has 0 aromatic heterocycles. The first-order chi connectivity index (χ1) is 8.51. The van der Waals surface area contributed by atoms with Crippen molar-refractivity contribution in [2.24, 2.45) is 0 Å². The predicted octanol–water partition coefficient (Wildman–Crippen LogP) is 2.88. The molecule has 19 heavy (non-hydrogen) atoms. The van der Waals surface area contributed by atoms with E-state index in [0.29, 0.717) is 6.61 Å². The van der Waals surface area contributed by atoms with Gasteiger partial charge in [0.05, 0.1) is 26.2 Å². The van der Waals surface area contributed by atoms with Crippen molar-refractivity contribution in [3.05, 3.63) is 11.6 Å². The highest BCUT2D eigenvalue weighted by Crippen LogP contribution is 2.36. The maximum atomic E-state index is 11.1. The number of aliphatic hydroxyl groups is 1. The largest absolute Gasteiger partial charge is 0.469 e. The normalized spacial score (nSPS) is 15.3. The molecule has 0 spiro atoms. The number of carbonyl (C=O) groups excluding carboxylic acids is 1. The SMILES string of the molecule is COC(=O)C[C@@H](O)/C(C)=C/CO[Si](C)(C)C(C)(C)C. The summed E-state index contributed by atoms with van der Waals surface area (Å²) in [5, 5.41) is 9.96. The van der Waals surface area contributed by atoms with Crippen LogP contribution >= 0.6 is 0 Å². The van der Waals surface area contributed by atoms with Gasteiger partial charge >= 0.3 is 5.97 Å². The molecular weight excluding hydrogens is 260 g/mol. The second-order valence-corrected chi connectivity index (χ2v) is 11.1. The number of methoxy groups -OCH3 is 1. The molecule has 5 heteroatoms. The van der Waals surface area contributed by atoms with E-state index in [2.05, 4.69) is 38.6 Å². The highest BCUT2D eigenvalue weighted by Gasteiger charge is 2.36. The molecule has 0 radical (unpaired) electrons. The number of ether oxygens (including phenoxy) is 1. The first kappa shape index (κ1) is 18.3. The van der Waals surface area contributed by atoms with Gasteiger partial charge in [-0.15, -0.1) is 0 Å². The van der Waals surface area contributed by atoms with Crippen molar-refractivity contribution in [3.8, 4) is 0 Å². The van der Waals surface area contributed by atoms with Crippen LogP contribution in [0.2, 0.25) is 18.1 Å². The van der Waals surface area contributed by atoms with E-state index in [-0.39, 0.29) is 11.5 Å². The van der Waals surface area contributed by atoms with Crippen LogP contribution in [0.15, 0.2) is 11.6 Å². The van der Waals surface area contributed by atoms with Crippen molar-refractivity contribution >= 4 is 14.3 Å². The number of aliphatic hydroxyl groups excluding tert-OH is 1. The van der Waals surface area contributed by atoms with E-state index in [4.69, 9.17) is 4.43 Å². The first-order valence-electron chi connectivity index (χ1n) is 6.56. The van der Waals surface area contributed by atoms with E-state index < -0.39 is 20.4 Å². The lowest BCUT2D eigenvalue weighted by molar-refractivity contribution is -0.142. The molecule has 0 aromatic rings. The summed E-state index contributed by atoms with van der Waals surface area (Å²) in [6.07, 6.45) is 1.03. The van der Waals surface area contributed by atoms with Gasteiger partial charge in [0, 0.05) is 0 Å². The number of rotatable bonds is 6. The molecule has 112 valence electrons. The van der Waals surface area contributed by atoms with Crippen LogP contribution in [-0.4, -0.2) is 39.2 Å². The van der Waals surface area contributed by atoms with Gasteiger partial charge in [0.1, 0.15) is 0 Å². The number of hydrogen-bond donors (Lipinski definition) is 1. The smallest absolute Gasteiger partial charge is 0.308 e. The van der Waals surface area contributed by atoms with Crippen molar-refractivity contribution in [2.75, 3.05) is 13.7 Å². The Bertz CT molecular complexity index is 329. The molecule has 0 saturated heterocycles. The molecule has 0 aliphatic heterocycles. The zero-order chi connectivity index (χ0) is 15.3. The fourth-order valence-electron chi connectivity index (χ4n) is 1.14. The summed E-state index contributed by atoms with van der Waals surface area (Å²) in [7, 11) is -0.449. The van der Waals surface area contributed by atoms with Crippen LogP contribution in [0.1, 0.15) is 34.1 Å². The molecule has 0 fully saturated rings. The Balaban J connectivity index is 4.38. The Kier molecular flexibility index (Phi) is 6.97. The van der Waals surface area contributed by atoms with Crippen LogP contribution in [-0.2, 0) is 14.0 Å². The van der Waals surface area contributed by atoms with Crippen LogP contribution in [0.4, 0.5) is 0 Å². The van der Waals surface area contributed by atoms with E-state index in [9.17, 15) is 9.90 Å². The van der Waals surface area contributed by atoms with Gasteiger partial charge < -0.3 is 14.3 Å². The van der Waals surface area contributed by atoms with Crippen molar-refractivity contribution in [1.29, 1.82) is 0 Å². The third kappa shape index (κ3) is 6.36. The minimum atomic E-state index is -1.76. The minimum absolute atomic E-state index is 0.0150. The van der Waals surface area contributed by atoms with Gasteiger partial charge in [0.15, 0.2) is 8.32 Å². The molecule has 0 aliphatic rings. The van der Waals surface area contributed by atoms with Crippen LogP contribution in [0.3, 0.4) is 0 Å². The molecule has 0 heterocycles. The Hall–Kier alpha value is -0.653. The van der Waals surface area contributed by atoms with E-state index >= 15 is 0 Å². The average Bonchev–Trinajstić information content (AvgIpc) is 2.26. The lowest BCUT2D eigenvalue weighted by atomic mass is 10.1. The zero-order valence-electron chi connectivity index (χ0n) is 13.2. The van der Waals surface area contributed by atoms with Gasteiger partial charge in [-0.3, -0.25) is 4.79 Å². The fraction of sp³-hybridized carbons (Fsp3) is 0.786. The van der Waals surface area contributed by atoms with Gasteiger partial charge in [-0.05, 0) is 30.6 Å². The average molecular weight is 288 g/mol. The summed E-state index contributed by atoms with van der Waals surface area (Å²) in [6, 6.07) is 0. The molecular formula is C14H28O4Si. The van der Waals surface area contributed by atoms with Crippen LogP contribution < -0.4 is 0 Å². The van der Waals surface area contributed by atoms with E-state index in [1.165, 1.54) is 7.11 Å². The molecule has 0 unspecified atom stereocenters. The zero-order valence-corrected chi connectivity index (χ0v) is 14.2. The summed E-state index contributed by atoms with van der Waals surface area (Å²) in [5.74, 6) is -0.412. The minimum Gasteiger partial charge on any atom is -0.469 e. The summed E-state index contributed by atoms with van der Waals surface area (Å²) in [6.45, 7) is 13.2. The third-order valence-electron chi connectivity index (χ3n) is 3.77. The molecule has 1 N–H and O–H groups in total. The second kappa shape index (κ2) is 7.22. The maximum absolute atomic E-state index is 11.1. The molecule has 0 rings (SSSR count). The second-order valence-electron chi connectivity index (χ2n) is 6.32. The van der Waals surface area contributed by atoms with Gasteiger partial charge in [0.2, 0.25) is 0 Å². The number of hydrogen-bond acceptors (Lipinski definition) is 4. The Labute approximate surface area is 117 Å². The van der Waals surface area contributed by atoms with Crippen LogP contribution in [0.25, 0.3) is 0 Å². The first-order valence-corrected chi connectivity index (χ1v) is 9.47. The van der Waals surface area contributed by atoms with Crippen molar-refractivity contribution in [1.82, 2.24) is 0 Å². The van der Waals surface area contributed by atoms with Gasteiger partial charge in [-0.1, -0.05) is 26.8 Å². The molecule has 0 amide bonds. The Morgan fingerprint density at radius 1 is 1.37 bits per heavy atom. The van der Waals surface area contributed by atoms with Gasteiger partial charge in [-0.25, -0.2) is 0 Å². The summed E-state index contributed by atoms with van der Waals surface area (Å²) in [5.41, 5.74) is 0.740. The Morgan fingerprint density at radius 2 is 1.89 bits per heavy atom. The van der Waals surface area contributed by atoms with E-state index in [0.717, 1.165) is 5.57 Å². The van der Waals surface area contributed by atoms with Gasteiger partial charge in [0.25, 0.3) is 0 Å². The van der Waals surface area contributed by atoms with Crippen molar-refractivity contribution in [3.63, 3.8) is 0 Å². The molecule has 0 aliphatic carbocycles. The standard InChI is InChI=1S/C14H28O4Si/c1-11(12(15)10-13(16)17-5)8-9-18-19(6,7)14(2,3)4/h8,12,15H,9-10H2,1-7H3/b11-8+/t12-/m1/s1. The third-order valence-corrected chi connectivity index (χ3v) is 8.27. The topological polar surface area (TPSA) is 55.8 Å². The summed E-state index contributed by atoms with van der Waals surface area (Å²) in [4.78, 5) is 11.1. The maximum Gasteiger partial charge on any atom is 0.308 e. The van der Waals surface area contributed by atoms with Crippen LogP contribution in [0.5, 0.6) is 0 Å². The van der Waals surface area contributed by atoms with E-state index in [1.807, 2.05) is 6.08 Å². The summed E-state index contributed by atoms with van der Waals surface area (Å²) >= 11 is 0. The highest BCUT2D eigenvalue weighted by molar-refractivity contribution is 6.74. The van der Waals surface area contributed by atoms with Crippen LogP contribution in [0, 0.1) is 0 Å². The molecule has 0 aromatic carbocycles. The Morgan fingerprint density at radius 3 is 2.32 bits per heavy atom. The quantitative estimate of drug-likeness (QED) is 0.464.